The third-order valence-corrected chi connectivity index (χ3v) is 4.38. The van der Waals surface area contributed by atoms with Gasteiger partial charge < -0.3 is 0 Å². The first-order valence-electron chi connectivity index (χ1n) is 6.87. The molecule has 0 bridgehead atoms. The smallest absolute Gasteiger partial charge is 0.277 e. The molecule has 22 heavy (non-hydrogen) atoms. The molecule has 0 atom stereocenters. The lowest BCUT2D eigenvalue weighted by Crippen LogP contribution is -2.13. The highest BCUT2D eigenvalue weighted by molar-refractivity contribution is 7.22. The average Bonchev–Trinajstić information content (AvgIpc) is 3.04. The Morgan fingerprint density at radius 1 is 1.41 bits per heavy atom. The molecule has 0 saturated carbocycles. The van der Waals surface area contributed by atoms with Gasteiger partial charge in [0.05, 0.1) is 10.2 Å². The van der Waals surface area contributed by atoms with Crippen molar-refractivity contribution in [3.05, 3.63) is 40.7 Å². The minimum absolute atomic E-state index is 0.216. The van der Waals surface area contributed by atoms with Gasteiger partial charge in [-0.1, -0.05) is 22.9 Å². The summed E-state index contributed by atoms with van der Waals surface area (Å²) >= 11 is 7.45. The van der Waals surface area contributed by atoms with E-state index in [4.69, 9.17) is 11.6 Å². The SMILES string of the molecule is Cc1cc(Cl)cc2sc(NC(=O)c3ccn(C(C)C)n3)nc12. The third-order valence-electron chi connectivity index (χ3n) is 3.24. The number of hydrogen-bond donors (Lipinski definition) is 1. The molecular weight excluding hydrogens is 320 g/mol. The first-order chi connectivity index (χ1) is 10.4. The number of carbonyl (C=O) groups excluding carboxylic acids is 1. The quantitative estimate of drug-likeness (QED) is 0.777. The number of carbonyl (C=O) groups is 1. The van der Waals surface area contributed by atoms with Crippen LogP contribution in [0.4, 0.5) is 5.13 Å². The van der Waals surface area contributed by atoms with Crippen LogP contribution in [0.5, 0.6) is 0 Å². The van der Waals surface area contributed by atoms with E-state index in [1.807, 2.05) is 32.9 Å². The Morgan fingerprint density at radius 2 is 2.18 bits per heavy atom. The maximum absolute atomic E-state index is 12.2. The van der Waals surface area contributed by atoms with Crippen molar-refractivity contribution < 1.29 is 4.79 Å². The largest absolute Gasteiger partial charge is 0.296 e. The molecule has 2 heterocycles. The van der Waals surface area contributed by atoms with Crippen LogP contribution in [-0.4, -0.2) is 20.7 Å². The molecule has 0 spiro atoms. The van der Waals surface area contributed by atoms with E-state index in [0.717, 1.165) is 15.8 Å². The number of nitrogens with one attached hydrogen (secondary N) is 1. The lowest BCUT2D eigenvalue weighted by molar-refractivity contribution is 0.102. The van der Waals surface area contributed by atoms with Crippen LogP contribution in [0, 0.1) is 6.92 Å². The summed E-state index contributed by atoms with van der Waals surface area (Å²) in [6.07, 6.45) is 1.79. The van der Waals surface area contributed by atoms with E-state index in [1.54, 1.807) is 16.9 Å². The van der Waals surface area contributed by atoms with Gasteiger partial charge in [0.2, 0.25) is 0 Å². The summed E-state index contributed by atoms with van der Waals surface area (Å²) in [4.78, 5) is 16.7. The lowest BCUT2D eigenvalue weighted by Gasteiger charge is -2.03. The Balaban J connectivity index is 1.86. The van der Waals surface area contributed by atoms with Crippen LogP contribution in [0.1, 0.15) is 35.9 Å². The second kappa shape index (κ2) is 5.70. The molecular formula is C15H15ClN4OS. The van der Waals surface area contributed by atoms with Crippen molar-refractivity contribution in [2.45, 2.75) is 26.8 Å². The third kappa shape index (κ3) is 2.84. The predicted molar refractivity (Wildman–Crippen MR) is 89.9 cm³/mol. The van der Waals surface area contributed by atoms with Gasteiger partial charge in [0.25, 0.3) is 5.91 Å². The Bertz CT molecular complexity index is 852. The van der Waals surface area contributed by atoms with Gasteiger partial charge in [-0.2, -0.15) is 5.10 Å². The fourth-order valence-corrected chi connectivity index (χ4v) is 3.43. The first kappa shape index (κ1) is 15.0. The van der Waals surface area contributed by atoms with Crippen LogP contribution >= 0.6 is 22.9 Å². The van der Waals surface area contributed by atoms with Gasteiger partial charge in [0.1, 0.15) is 0 Å². The Kier molecular flexibility index (Phi) is 3.88. The van der Waals surface area contributed by atoms with Gasteiger partial charge in [-0.15, -0.1) is 0 Å². The zero-order valence-electron chi connectivity index (χ0n) is 12.4. The molecule has 3 rings (SSSR count). The molecule has 0 fully saturated rings. The van der Waals surface area contributed by atoms with Crippen molar-refractivity contribution in [3.63, 3.8) is 0 Å². The number of nitrogens with zero attached hydrogens (tertiary/aromatic N) is 3. The standard InChI is InChI=1S/C15H15ClN4OS/c1-8(2)20-5-4-11(19-20)14(21)18-15-17-13-9(3)6-10(16)7-12(13)22-15/h4-8H,1-3H3,(H,17,18,21). The molecule has 0 aliphatic rings. The number of benzene rings is 1. The summed E-state index contributed by atoms with van der Waals surface area (Å²) in [5, 5.41) is 8.26. The molecule has 1 N–H and O–H groups in total. The molecule has 0 saturated heterocycles. The van der Waals surface area contributed by atoms with Gasteiger partial charge in [-0.3, -0.25) is 14.8 Å². The molecule has 3 aromatic rings. The predicted octanol–water partition coefficient (Wildman–Crippen LogP) is 4.29. The van der Waals surface area contributed by atoms with Crippen LogP contribution in [0.2, 0.25) is 5.02 Å². The van der Waals surface area contributed by atoms with Crippen molar-refractivity contribution in [2.75, 3.05) is 5.32 Å². The molecule has 2 aromatic heterocycles. The molecule has 5 nitrogen and oxygen atoms in total. The fraction of sp³-hybridized carbons (Fsp3) is 0.267. The van der Waals surface area contributed by atoms with Crippen LogP contribution in [-0.2, 0) is 0 Å². The van der Waals surface area contributed by atoms with Gasteiger partial charge in [-0.25, -0.2) is 4.98 Å². The van der Waals surface area contributed by atoms with Crippen LogP contribution in [0.15, 0.2) is 24.4 Å². The Hall–Kier alpha value is -1.92. The second-order valence-corrected chi connectivity index (χ2v) is 6.78. The van der Waals surface area contributed by atoms with Crippen molar-refractivity contribution in [2.24, 2.45) is 0 Å². The molecule has 0 unspecified atom stereocenters. The molecule has 0 radical (unpaired) electrons. The van der Waals surface area contributed by atoms with Gasteiger partial charge in [-0.05, 0) is 44.5 Å². The number of thiazole rings is 1. The number of hydrogen-bond acceptors (Lipinski definition) is 4. The van der Waals surface area contributed by atoms with E-state index >= 15 is 0 Å². The minimum atomic E-state index is -0.262. The van der Waals surface area contributed by atoms with Crippen LogP contribution < -0.4 is 5.32 Å². The summed E-state index contributed by atoms with van der Waals surface area (Å²) < 4.78 is 2.70. The van der Waals surface area contributed by atoms with E-state index in [0.29, 0.717) is 15.8 Å². The lowest BCUT2D eigenvalue weighted by atomic mass is 10.2. The zero-order chi connectivity index (χ0) is 15.9. The summed E-state index contributed by atoms with van der Waals surface area (Å²) in [7, 11) is 0. The van der Waals surface area contributed by atoms with Gasteiger partial charge in [0.15, 0.2) is 10.8 Å². The summed E-state index contributed by atoms with van der Waals surface area (Å²) in [5.41, 5.74) is 2.23. The van der Waals surface area contributed by atoms with E-state index in [9.17, 15) is 4.79 Å². The number of amides is 1. The van der Waals surface area contributed by atoms with E-state index in [-0.39, 0.29) is 11.9 Å². The molecule has 1 aromatic carbocycles. The van der Waals surface area contributed by atoms with E-state index in [1.165, 1.54) is 11.3 Å². The van der Waals surface area contributed by atoms with Gasteiger partial charge in [0, 0.05) is 17.3 Å². The molecule has 0 aliphatic carbocycles. The van der Waals surface area contributed by atoms with Crippen molar-refractivity contribution >= 4 is 44.2 Å². The number of aromatic nitrogens is 3. The van der Waals surface area contributed by atoms with E-state index < -0.39 is 0 Å². The molecule has 114 valence electrons. The maximum Gasteiger partial charge on any atom is 0.277 e. The second-order valence-electron chi connectivity index (χ2n) is 5.32. The number of fused-ring (bicyclic) bond motifs is 1. The number of rotatable bonds is 3. The maximum atomic E-state index is 12.2. The normalized spacial score (nSPS) is 11.3. The number of anilines is 1. The topological polar surface area (TPSA) is 59.8 Å². The fourth-order valence-electron chi connectivity index (χ4n) is 2.12. The van der Waals surface area contributed by atoms with Crippen molar-refractivity contribution in [1.82, 2.24) is 14.8 Å². The summed E-state index contributed by atoms with van der Waals surface area (Å²) in [6.45, 7) is 5.97. The average molecular weight is 335 g/mol. The van der Waals surface area contributed by atoms with Crippen molar-refractivity contribution in [1.29, 1.82) is 0 Å². The first-order valence-corrected chi connectivity index (χ1v) is 8.06. The summed E-state index contributed by atoms with van der Waals surface area (Å²) in [6, 6.07) is 5.63. The molecule has 1 amide bonds. The monoisotopic (exact) mass is 334 g/mol. The number of aryl methyl sites for hydroxylation is 1. The van der Waals surface area contributed by atoms with Crippen molar-refractivity contribution in [3.8, 4) is 0 Å². The highest BCUT2D eigenvalue weighted by Crippen LogP contribution is 2.31. The van der Waals surface area contributed by atoms with E-state index in [2.05, 4.69) is 15.4 Å². The minimum Gasteiger partial charge on any atom is -0.296 e. The zero-order valence-corrected chi connectivity index (χ0v) is 14.0. The highest BCUT2D eigenvalue weighted by Gasteiger charge is 2.14. The Morgan fingerprint density at radius 3 is 2.86 bits per heavy atom. The Labute approximate surface area is 136 Å². The highest BCUT2D eigenvalue weighted by atomic mass is 35.5. The van der Waals surface area contributed by atoms with Crippen LogP contribution in [0.3, 0.4) is 0 Å². The number of halogens is 1. The van der Waals surface area contributed by atoms with Crippen LogP contribution in [0.25, 0.3) is 10.2 Å². The van der Waals surface area contributed by atoms with Gasteiger partial charge >= 0.3 is 0 Å². The molecule has 0 aliphatic heterocycles. The summed E-state index contributed by atoms with van der Waals surface area (Å²) in [5.74, 6) is -0.262. The molecule has 7 heteroatoms.